The second-order valence-electron chi connectivity index (χ2n) is 5.47. The molecule has 0 unspecified atom stereocenters. The molecule has 1 heterocycles. The Hall–Kier alpha value is -2.93. The summed E-state index contributed by atoms with van der Waals surface area (Å²) in [5.74, 6) is 1.78. The average molecular weight is 369 g/mol. The highest BCUT2D eigenvalue weighted by molar-refractivity contribution is 7.15. The van der Waals surface area contributed by atoms with E-state index in [1.165, 1.54) is 11.3 Å². The molecule has 0 saturated heterocycles. The van der Waals surface area contributed by atoms with Crippen molar-refractivity contribution < 1.29 is 14.3 Å². The fourth-order valence-electron chi connectivity index (χ4n) is 2.15. The molecule has 1 aromatic heterocycles. The number of aromatic nitrogens is 2. The summed E-state index contributed by atoms with van der Waals surface area (Å²) in [6.45, 7) is 1.98. The van der Waals surface area contributed by atoms with Gasteiger partial charge in [-0.25, -0.2) is 0 Å². The maximum Gasteiger partial charge on any atom is 0.264 e. The van der Waals surface area contributed by atoms with Crippen LogP contribution in [0.2, 0.25) is 0 Å². The van der Waals surface area contributed by atoms with Gasteiger partial charge in [0.2, 0.25) is 5.13 Å². The van der Waals surface area contributed by atoms with Crippen molar-refractivity contribution >= 4 is 22.4 Å². The monoisotopic (exact) mass is 369 g/mol. The fraction of sp³-hybridized carbons (Fsp3) is 0.211. The Morgan fingerprint density at radius 2 is 1.69 bits per heavy atom. The van der Waals surface area contributed by atoms with Gasteiger partial charge in [0.25, 0.3) is 5.91 Å². The molecule has 26 heavy (non-hydrogen) atoms. The molecule has 1 N–H and O–H groups in total. The summed E-state index contributed by atoms with van der Waals surface area (Å²) >= 11 is 1.38. The van der Waals surface area contributed by atoms with E-state index >= 15 is 0 Å². The minimum atomic E-state index is -0.270. The normalized spacial score (nSPS) is 10.3. The van der Waals surface area contributed by atoms with Gasteiger partial charge in [0.05, 0.1) is 0 Å². The molecule has 0 bridgehead atoms. The van der Waals surface area contributed by atoms with Crippen LogP contribution < -0.4 is 14.8 Å². The molecule has 0 fully saturated rings. The number of hydrogen-bond acceptors (Lipinski definition) is 6. The van der Waals surface area contributed by atoms with E-state index in [0.717, 1.165) is 23.6 Å². The van der Waals surface area contributed by atoms with E-state index in [4.69, 9.17) is 9.47 Å². The van der Waals surface area contributed by atoms with Gasteiger partial charge in [-0.2, -0.15) is 0 Å². The fourth-order valence-corrected chi connectivity index (χ4v) is 3.01. The molecule has 0 saturated carbocycles. The van der Waals surface area contributed by atoms with E-state index in [1.54, 1.807) is 24.3 Å². The van der Waals surface area contributed by atoms with Crippen LogP contribution in [0.4, 0.5) is 5.13 Å². The van der Waals surface area contributed by atoms with Crippen LogP contribution in [0.3, 0.4) is 0 Å². The molecule has 0 atom stereocenters. The van der Waals surface area contributed by atoms with Crippen LogP contribution in [0, 0.1) is 0 Å². The smallest absolute Gasteiger partial charge is 0.264 e. The molecule has 0 radical (unpaired) electrons. The van der Waals surface area contributed by atoms with E-state index in [2.05, 4.69) is 22.4 Å². The number of carbonyl (C=O) groups excluding carboxylic acids is 1. The van der Waals surface area contributed by atoms with Crippen LogP contribution in [-0.4, -0.2) is 22.7 Å². The lowest BCUT2D eigenvalue weighted by atomic mass is 10.3. The van der Waals surface area contributed by atoms with Gasteiger partial charge in [-0.1, -0.05) is 36.5 Å². The van der Waals surface area contributed by atoms with Gasteiger partial charge < -0.3 is 9.47 Å². The highest BCUT2D eigenvalue weighted by atomic mass is 32.1. The molecule has 0 aliphatic carbocycles. The summed E-state index contributed by atoms with van der Waals surface area (Å²) in [5, 5.41) is 12.1. The molecular formula is C19H19N3O3S. The van der Waals surface area contributed by atoms with Crippen LogP contribution in [0.15, 0.2) is 54.6 Å². The first kappa shape index (κ1) is 17.9. The molecule has 6 nitrogen and oxygen atoms in total. The minimum absolute atomic E-state index is 0.0957. The van der Waals surface area contributed by atoms with Crippen molar-refractivity contribution in [3.8, 4) is 17.2 Å². The van der Waals surface area contributed by atoms with Crippen molar-refractivity contribution in [1.82, 2.24) is 10.2 Å². The number of rotatable bonds is 8. The highest BCUT2D eigenvalue weighted by Gasteiger charge is 2.08. The highest BCUT2D eigenvalue weighted by Crippen LogP contribution is 2.23. The summed E-state index contributed by atoms with van der Waals surface area (Å²) in [6.07, 6.45) is 1.86. The van der Waals surface area contributed by atoms with E-state index in [0.29, 0.717) is 16.6 Å². The Bertz CT molecular complexity index is 835. The average Bonchev–Trinajstić information content (AvgIpc) is 3.09. The van der Waals surface area contributed by atoms with Gasteiger partial charge in [0.1, 0.15) is 22.3 Å². The number of anilines is 1. The minimum Gasteiger partial charge on any atom is -0.484 e. The molecule has 3 rings (SSSR count). The van der Waals surface area contributed by atoms with Gasteiger partial charge in [-0.15, -0.1) is 10.2 Å². The number of nitrogens with zero attached hydrogens (tertiary/aromatic N) is 2. The Balaban J connectivity index is 1.47. The first-order valence-electron chi connectivity index (χ1n) is 8.31. The first-order valence-corrected chi connectivity index (χ1v) is 9.12. The summed E-state index contributed by atoms with van der Waals surface area (Å²) in [4.78, 5) is 11.9. The molecule has 0 aliphatic rings. The quantitative estimate of drug-likeness (QED) is 0.641. The van der Waals surface area contributed by atoms with Crippen LogP contribution in [0.1, 0.15) is 18.4 Å². The number of amides is 1. The number of nitrogens with one attached hydrogen (secondary N) is 1. The van der Waals surface area contributed by atoms with E-state index in [9.17, 15) is 4.79 Å². The van der Waals surface area contributed by atoms with Crippen LogP contribution in [0.5, 0.6) is 17.2 Å². The maximum absolute atomic E-state index is 11.9. The number of ether oxygens (including phenoxy) is 2. The van der Waals surface area contributed by atoms with Crippen molar-refractivity contribution in [3.05, 3.63) is 59.6 Å². The lowest BCUT2D eigenvalue weighted by molar-refractivity contribution is -0.118. The Kier molecular flexibility index (Phi) is 6.16. The molecule has 134 valence electrons. The third kappa shape index (κ3) is 5.29. The summed E-state index contributed by atoms with van der Waals surface area (Å²) in [7, 11) is 0. The number of para-hydroxylation sites is 1. The number of hydrogen-bond donors (Lipinski definition) is 1. The predicted molar refractivity (Wildman–Crippen MR) is 101 cm³/mol. The Labute approximate surface area is 155 Å². The zero-order valence-corrected chi connectivity index (χ0v) is 15.2. The molecular weight excluding hydrogens is 350 g/mol. The van der Waals surface area contributed by atoms with Gasteiger partial charge >= 0.3 is 0 Å². The van der Waals surface area contributed by atoms with Gasteiger partial charge in [-0.05, 0) is 42.8 Å². The van der Waals surface area contributed by atoms with Gasteiger partial charge in [0, 0.05) is 6.42 Å². The molecule has 0 spiro atoms. The lowest BCUT2D eigenvalue weighted by Crippen LogP contribution is -2.20. The molecule has 1 amide bonds. The lowest BCUT2D eigenvalue weighted by Gasteiger charge is -2.08. The SMILES string of the molecule is CCCc1nnc(NC(=O)COc2ccc(Oc3ccccc3)cc2)s1. The topological polar surface area (TPSA) is 73.3 Å². The largest absolute Gasteiger partial charge is 0.484 e. The molecule has 7 heteroatoms. The zero-order chi connectivity index (χ0) is 18.2. The Morgan fingerprint density at radius 3 is 2.42 bits per heavy atom. The molecule has 3 aromatic rings. The summed E-state index contributed by atoms with van der Waals surface area (Å²) in [5.41, 5.74) is 0. The number of carbonyl (C=O) groups is 1. The van der Waals surface area contributed by atoms with Crippen molar-refractivity contribution in [2.75, 3.05) is 11.9 Å². The van der Waals surface area contributed by atoms with Crippen molar-refractivity contribution in [2.24, 2.45) is 0 Å². The maximum atomic E-state index is 11.9. The van der Waals surface area contributed by atoms with Crippen molar-refractivity contribution in [1.29, 1.82) is 0 Å². The van der Waals surface area contributed by atoms with E-state index < -0.39 is 0 Å². The molecule has 0 aliphatic heterocycles. The van der Waals surface area contributed by atoms with Crippen LogP contribution in [0.25, 0.3) is 0 Å². The van der Waals surface area contributed by atoms with Crippen LogP contribution >= 0.6 is 11.3 Å². The standard InChI is InChI=1S/C19H19N3O3S/c1-2-6-18-21-22-19(26-18)20-17(23)13-24-14-9-11-16(12-10-14)25-15-7-4-3-5-8-15/h3-5,7-12H,2,6,13H2,1H3,(H,20,22,23). The third-order valence-corrected chi connectivity index (χ3v) is 4.25. The molecule has 2 aromatic carbocycles. The van der Waals surface area contributed by atoms with Crippen molar-refractivity contribution in [2.45, 2.75) is 19.8 Å². The summed E-state index contributed by atoms with van der Waals surface area (Å²) in [6, 6.07) is 16.6. The third-order valence-electron chi connectivity index (χ3n) is 3.35. The first-order chi connectivity index (χ1) is 12.7. The van der Waals surface area contributed by atoms with Crippen LogP contribution in [-0.2, 0) is 11.2 Å². The number of benzene rings is 2. The van der Waals surface area contributed by atoms with E-state index in [1.807, 2.05) is 30.3 Å². The summed E-state index contributed by atoms with van der Waals surface area (Å²) < 4.78 is 11.2. The second-order valence-corrected chi connectivity index (χ2v) is 6.54. The van der Waals surface area contributed by atoms with Crippen molar-refractivity contribution in [3.63, 3.8) is 0 Å². The van der Waals surface area contributed by atoms with Gasteiger partial charge in [0.15, 0.2) is 6.61 Å². The zero-order valence-electron chi connectivity index (χ0n) is 14.3. The number of aryl methyl sites for hydroxylation is 1. The Morgan fingerprint density at radius 1 is 1.00 bits per heavy atom. The second kappa shape index (κ2) is 8.96. The van der Waals surface area contributed by atoms with Gasteiger partial charge in [-0.3, -0.25) is 10.1 Å². The predicted octanol–water partition coefficient (Wildman–Crippen LogP) is 4.30. The van der Waals surface area contributed by atoms with E-state index in [-0.39, 0.29) is 12.5 Å².